The number of rotatable bonds is 3. The van der Waals surface area contributed by atoms with Gasteiger partial charge in [0.1, 0.15) is 5.37 Å². The van der Waals surface area contributed by atoms with Crippen molar-refractivity contribution in [3.63, 3.8) is 0 Å². The third-order valence-corrected chi connectivity index (χ3v) is 4.89. The maximum Gasteiger partial charge on any atom is 0.336 e. The molecule has 5 heteroatoms. The van der Waals surface area contributed by atoms with Gasteiger partial charge >= 0.3 is 5.97 Å². The summed E-state index contributed by atoms with van der Waals surface area (Å²) in [6, 6.07) is 16.2. The fraction of sp³-hybridized carbons (Fsp3) is 0.176. The fourth-order valence-electron chi connectivity index (χ4n) is 2.58. The number of carbonyl (C=O) groups is 2. The smallest absolute Gasteiger partial charge is 0.336 e. The molecule has 3 rings (SSSR count). The van der Waals surface area contributed by atoms with Crippen molar-refractivity contribution in [2.45, 2.75) is 5.37 Å². The van der Waals surface area contributed by atoms with Crippen LogP contribution in [0, 0.1) is 0 Å². The highest BCUT2D eigenvalue weighted by Gasteiger charge is 2.32. The molecule has 2 aromatic rings. The van der Waals surface area contributed by atoms with E-state index in [0.717, 1.165) is 11.3 Å². The van der Waals surface area contributed by atoms with Crippen LogP contribution in [0.5, 0.6) is 0 Å². The van der Waals surface area contributed by atoms with E-state index in [2.05, 4.69) is 0 Å². The van der Waals surface area contributed by atoms with Gasteiger partial charge in [0, 0.05) is 12.3 Å². The second-order valence-corrected chi connectivity index (χ2v) is 6.17. The van der Waals surface area contributed by atoms with Crippen LogP contribution in [0.1, 0.15) is 31.7 Å². The summed E-state index contributed by atoms with van der Waals surface area (Å²) in [7, 11) is 0. The Balaban J connectivity index is 1.93. The maximum absolute atomic E-state index is 12.8. The Kier molecular flexibility index (Phi) is 4.15. The molecular weight excluding hydrogens is 298 g/mol. The van der Waals surface area contributed by atoms with Crippen LogP contribution in [0.25, 0.3) is 0 Å². The highest BCUT2D eigenvalue weighted by atomic mass is 32.2. The molecule has 1 saturated heterocycles. The summed E-state index contributed by atoms with van der Waals surface area (Å²) in [4.78, 5) is 25.9. The van der Waals surface area contributed by atoms with E-state index in [9.17, 15) is 14.7 Å². The maximum atomic E-state index is 12.8. The number of thioether (sulfide) groups is 1. The third-order valence-electron chi connectivity index (χ3n) is 3.62. The summed E-state index contributed by atoms with van der Waals surface area (Å²) in [6.45, 7) is 0.622. The molecule has 1 amide bonds. The average Bonchev–Trinajstić information content (AvgIpc) is 3.04. The predicted molar refractivity (Wildman–Crippen MR) is 86.1 cm³/mol. The molecule has 4 nitrogen and oxygen atoms in total. The molecular formula is C17H15NO3S. The van der Waals surface area contributed by atoms with E-state index >= 15 is 0 Å². The van der Waals surface area contributed by atoms with Crippen LogP contribution >= 0.6 is 11.8 Å². The van der Waals surface area contributed by atoms with Crippen molar-refractivity contribution in [3.8, 4) is 0 Å². The largest absolute Gasteiger partial charge is 0.478 e. The van der Waals surface area contributed by atoms with Crippen LogP contribution in [0.15, 0.2) is 54.6 Å². The minimum absolute atomic E-state index is 0.0520. The highest BCUT2D eigenvalue weighted by Crippen LogP contribution is 2.38. The molecule has 2 aromatic carbocycles. The summed E-state index contributed by atoms with van der Waals surface area (Å²) in [5.41, 5.74) is 1.36. The molecule has 1 heterocycles. The monoisotopic (exact) mass is 313 g/mol. The molecule has 1 N–H and O–H groups in total. The zero-order valence-electron chi connectivity index (χ0n) is 11.8. The molecule has 112 valence electrons. The first kappa shape index (κ1) is 14.7. The lowest BCUT2D eigenvalue weighted by Crippen LogP contribution is -2.31. The summed E-state index contributed by atoms with van der Waals surface area (Å²) in [5, 5.41) is 9.20. The Morgan fingerprint density at radius 1 is 1.00 bits per heavy atom. The highest BCUT2D eigenvalue weighted by molar-refractivity contribution is 7.99. The molecule has 0 unspecified atom stereocenters. The first-order chi connectivity index (χ1) is 10.7. The number of carbonyl (C=O) groups excluding carboxylic acids is 1. The van der Waals surface area contributed by atoms with Crippen molar-refractivity contribution in [2.75, 3.05) is 12.3 Å². The minimum Gasteiger partial charge on any atom is -0.478 e. The number of carboxylic acids is 1. The molecule has 0 saturated carbocycles. The van der Waals surface area contributed by atoms with Gasteiger partial charge in [0.25, 0.3) is 5.91 Å². The third kappa shape index (κ3) is 2.72. The van der Waals surface area contributed by atoms with E-state index in [4.69, 9.17) is 0 Å². The van der Waals surface area contributed by atoms with Crippen molar-refractivity contribution in [1.82, 2.24) is 4.90 Å². The first-order valence-corrected chi connectivity index (χ1v) is 8.03. The quantitative estimate of drug-likeness (QED) is 0.945. The van der Waals surface area contributed by atoms with Gasteiger partial charge in [-0.1, -0.05) is 42.5 Å². The Labute approximate surface area is 132 Å². The van der Waals surface area contributed by atoms with Crippen LogP contribution in [-0.2, 0) is 0 Å². The van der Waals surface area contributed by atoms with Gasteiger partial charge in [0.05, 0.1) is 11.1 Å². The molecule has 0 spiro atoms. The second kappa shape index (κ2) is 6.23. The fourth-order valence-corrected chi connectivity index (χ4v) is 3.84. The average molecular weight is 313 g/mol. The molecule has 1 fully saturated rings. The first-order valence-electron chi connectivity index (χ1n) is 6.98. The lowest BCUT2D eigenvalue weighted by Gasteiger charge is -2.24. The van der Waals surface area contributed by atoms with E-state index in [-0.39, 0.29) is 22.4 Å². The van der Waals surface area contributed by atoms with Crippen LogP contribution in [0.3, 0.4) is 0 Å². The van der Waals surface area contributed by atoms with Gasteiger partial charge in [-0.05, 0) is 17.7 Å². The molecule has 0 bridgehead atoms. The normalized spacial score (nSPS) is 17.5. The molecule has 0 radical (unpaired) electrons. The topological polar surface area (TPSA) is 57.6 Å². The summed E-state index contributed by atoms with van der Waals surface area (Å²) in [6.07, 6.45) is 0. The number of hydrogen-bond acceptors (Lipinski definition) is 3. The van der Waals surface area contributed by atoms with Gasteiger partial charge in [-0.2, -0.15) is 0 Å². The van der Waals surface area contributed by atoms with Crippen molar-refractivity contribution in [1.29, 1.82) is 0 Å². The molecule has 1 atom stereocenters. The summed E-state index contributed by atoms with van der Waals surface area (Å²) >= 11 is 1.70. The Morgan fingerprint density at radius 3 is 2.32 bits per heavy atom. The summed E-state index contributed by atoms with van der Waals surface area (Å²) in [5.74, 6) is -0.454. The number of hydrogen-bond donors (Lipinski definition) is 1. The zero-order chi connectivity index (χ0) is 15.5. The van der Waals surface area contributed by atoms with Gasteiger partial charge in [-0.25, -0.2) is 4.79 Å². The SMILES string of the molecule is O=C(O)c1ccccc1C(=O)N1CCS[C@@H]1c1ccccc1. The van der Waals surface area contributed by atoms with Gasteiger partial charge in [0.15, 0.2) is 0 Å². The minimum atomic E-state index is -1.08. The van der Waals surface area contributed by atoms with Crippen LogP contribution in [0.4, 0.5) is 0 Å². The van der Waals surface area contributed by atoms with E-state index in [1.54, 1.807) is 34.9 Å². The van der Waals surface area contributed by atoms with E-state index < -0.39 is 5.97 Å². The van der Waals surface area contributed by atoms with Crippen LogP contribution in [0.2, 0.25) is 0 Å². The Hall–Kier alpha value is -2.27. The van der Waals surface area contributed by atoms with Gasteiger partial charge in [0.2, 0.25) is 0 Å². The number of carboxylic acid groups (broad SMARTS) is 1. The molecule has 22 heavy (non-hydrogen) atoms. The number of nitrogens with zero attached hydrogens (tertiary/aromatic N) is 1. The van der Waals surface area contributed by atoms with E-state index in [1.165, 1.54) is 6.07 Å². The number of aromatic carboxylic acids is 1. The van der Waals surface area contributed by atoms with Crippen molar-refractivity contribution >= 4 is 23.6 Å². The van der Waals surface area contributed by atoms with Crippen molar-refractivity contribution < 1.29 is 14.7 Å². The standard InChI is InChI=1S/C17H15NO3S/c19-15(13-8-4-5-9-14(13)17(20)21)18-10-11-22-16(18)12-6-2-1-3-7-12/h1-9,16H,10-11H2,(H,20,21)/t16-/m1/s1. The van der Waals surface area contributed by atoms with Gasteiger partial charge in [-0.15, -0.1) is 11.8 Å². The predicted octanol–water partition coefficient (Wildman–Crippen LogP) is 3.27. The molecule has 1 aliphatic heterocycles. The van der Waals surface area contributed by atoms with Crippen molar-refractivity contribution in [3.05, 3.63) is 71.3 Å². The summed E-state index contributed by atoms with van der Waals surface area (Å²) < 4.78 is 0. The Morgan fingerprint density at radius 2 is 1.64 bits per heavy atom. The Bertz CT molecular complexity index is 702. The second-order valence-electron chi connectivity index (χ2n) is 4.98. The molecule has 0 aliphatic carbocycles. The molecule has 0 aromatic heterocycles. The number of amides is 1. The van der Waals surface area contributed by atoms with Gasteiger partial charge < -0.3 is 10.0 Å². The van der Waals surface area contributed by atoms with Gasteiger partial charge in [-0.3, -0.25) is 4.79 Å². The van der Waals surface area contributed by atoms with Crippen molar-refractivity contribution in [2.24, 2.45) is 0 Å². The zero-order valence-corrected chi connectivity index (χ0v) is 12.6. The lowest BCUT2D eigenvalue weighted by atomic mass is 10.1. The van der Waals surface area contributed by atoms with E-state index in [1.807, 2.05) is 30.3 Å². The lowest BCUT2D eigenvalue weighted by molar-refractivity contribution is 0.0676. The molecule has 1 aliphatic rings. The van der Waals surface area contributed by atoms with Crippen LogP contribution < -0.4 is 0 Å². The van der Waals surface area contributed by atoms with E-state index in [0.29, 0.717) is 6.54 Å². The number of benzene rings is 2. The van der Waals surface area contributed by atoms with Crippen LogP contribution in [-0.4, -0.2) is 34.2 Å².